The second-order valence-corrected chi connectivity index (χ2v) is 8.37. The van der Waals surface area contributed by atoms with E-state index < -0.39 is 35.3 Å². The number of carboxylic acids is 1. The number of alkyl halides is 3. The van der Waals surface area contributed by atoms with E-state index in [1.54, 1.807) is 12.1 Å². The lowest BCUT2D eigenvalue weighted by Gasteiger charge is -2.19. The van der Waals surface area contributed by atoms with Crippen molar-refractivity contribution in [3.63, 3.8) is 0 Å². The number of Topliss-reactive ketones (excluding diaryl/α,β-unsaturated/α-hetero) is 1. The Labute approximate surface area is 197 Å². The maximum atomic E-state index is 12.5. The Morgan fingerprint density at radius 1 is 1.21 bits per heavy atom. The minimum absolute atomic E-state index is 0.105. The Balaban J connectivity index is 0.000000675. The summed E-state index contributed by atoms with van der Waals surface area (Å²) in [6.45, 7) is 1.47. The van der Waals surface area contributed by atoms with Crippen molar-refractivity contribution >= 4 is 50.9 Å². The van der Waals surface area contributed by atoms with Crippen LogP contribution in [0.3, 0.4) is 0 Å². The van der Waals surface area contributed by atoms with Crippen molar-refractivity contribution in [3.8, 4) is 5.75 Å². The number of ketones is 1. The van der Waals surface area contributed by atoms with Crippen LogP contribution in [-0.4, -0.2) is 52.7 Å². The van der Waals surface area contributed by atoms with Crippen LogP contribution in [0, 0.1) is 0 Å². The molecule has 0 aliphatic carbocycles. The molecule has 0 spiro atoms. The van der Waals surface area contributed by atoms with Crippen LogP contribution >= 0.6 is 27.3 Å². The summed E-state index contributed by atoms with van der Waals surface area (Å²) in [6.07, 6.45) is -5.08. The number of phenols is 1. The predicted molar refractivity (Wildman–Crippen MR) is 114 cm³/mol. The first-order valence-electron chi connectivity index (χ1n) is 8.68. The number of rotatable bonds is 6. The molecule has 0 fully saturated rings. The third-order valence-electron chi connectivity index (χ3n) is 3.80. The van der Waals surface area contributed by atoms with Crippen LogP contribution in [0.2, 0.25) is 0 Å². The van der Waals surface area contributed by atoms with Gasteiger partial charge in [0, 0.05) is 11.0 Å². The van der Waals surface area contributed by atoms with Gasteiger partial charge in [0.25, 0.3) is 5.91 Å². The highest BCUT2D eigenvalue weighted by Gasteiger charge is 2.40. The van der Waals surface area contributed by atoms with Gasteiger partial charge in [-0.25, -0.2) is 9.59 Å². The number of esters is 1. The molecule has 0 saturated carbocycles. The van der Waals surface area contributed by atoms with Gasteiger partial charge in [-0.3, -0.25) is 9.59 Å². The van der Waals surface area contributed by atoms with Crippen LogP contribution in [-0.2, 0) is 20.9 Å². The number of hydrogen-bond acceptors (Lipinski definition) is 8. The molecule has 0 aliphatic rings. The quantitative estimate of drug-likeness (QED) is 0.241. The minimum atomic E-state index is -5.08. The fourth-order valence-corrected chi connectivity index (χ4v) is 3.94. The average molecular weight is 555 g/mol. The largest absolute Gasteiger partial charge is 0.508 e. The summed E-state index contributed by atoms with van der Waals surface area (Å²) < 4.78 is 36.7. The van der Waals surface area contributed by atoms with Crippen LogP contribution < -0.4 is 11.1 Å². The number of carboxylic acid groups (broad SMARTS) is 1. The Kier molecular flexibility index (Phi) is 9.57. The number of amides is 1. The minimum Gasteiger partial charge on any atom is -0.508 e. The highest BCUT2D eigenvalue weighted by molar-refractivity contribution is 9.10. The summed E-state index contributed by atoms with van der Waals surface area (Å²) in [5, 5.41) is 19.3. The molecular formula is C19H18BrF3N2O7S. The molecule has 5 N–H and O–H groups in total. The first-order valence-corrected chi connectivity index (χ1v) is 10.3. The van der Waals surface area contributed by atoms with E-state index in [1.165, 1.54) is 25.1 Å². The van der Waals surface area contributed by atoms with Crippen LogP contribution in [0.25, 0.3) is 0 Å². The first-order chi connectivity index (χ1) is 15.1. The molecule has 0 aliphatic heterocycles. The Morgan fingerprint density at radius 2 is 1.79 bits per heavy atom. The summed E-state index contributed by atoms with van der Waals surface area (Å²) >= 11 is 4.15. The third kappa shape index (κ3) is 7.83. The van der Waals surface area contributed by atoms with E-state index in [9.17, 15) is 32.7 Å². The molecule has 2 rings (SSSR count). The van der Waals surface area contributed by atoms with Gasteiger partial charge in [-0.15, -0.1) is 11.3 Å². The number of nitrogens with one attached hydrogen (secondary N) is 1. The first kappa shape index (κ1) is 28.1. The zero-order chi connectivity index (χ0) is 25.6. The van der Waals surface area contributed by atoms with Crippen LogP contribution in [0.15, 0.2) is 34.8 Å². The Bertz CT molecular complexity index is 1050. The van der Waals surface area contributed by atoms with Gasteiger partial charge in [0.15, 0.2) is 5.54 Å². The van der Waals surface area contributed by atoms with Crippen molar-refractivity contribution < 1.29 is 47.3 Å². The van der Waals surface area contributed by atoms with Crippen LogP contribution in [0.5, 0.6) is 5.75 Å². The number of benzene rings is 1. The second-order valence-electron chi connectivity index (χ2n) is 6.47. The molecule has 14 heteroatoms. The number of nitrogens with two attached hydrogens (primary N) is 1. The number of ether oxygens (including phenoxy) is 1. The van der Waals surface area contributed by atoms with E-state index in [-0.39, 0.29) is 22.0 Å². The topological polar surface area (TPSA) is 156 Å². The molecule has 2 aromatic rings. The normalized spacial score (nSPS) is 12.6. The maximum Gasteiger partial charge on any atom is 0.490 e. The van der Waals surface area contributed by atoms with Gasteiger partial charge in [0.2, 0.25) is 5.78 Å². The van der Waals surface area contributed by atoms with Crippen molar-refractivity contribution in [2.45, 2.75) is 25.2 Å². The molecule has 0 saturated heterocycles. The van der Waals surface area contributed by atoms with E-state index in [2.05, 4.69) is 26.0 Å². The summed E-state index contributed by atoms with van der Waals surface area (Å²) in [4.78, 5) is 45.9. The molecule has 1 aromatic carbocycles. The van der Waals surface area contributed by atoms with Crippen molar-refractivity contribution in [3.05, 3.63) is 50.1 Å². The smallest absolute Gasteiger partial charge is 0.490 e. The number of aliphatic carboxylic acids is 1. The lowest BCUT2D eigenvalue weighted by molar-refractivity contribution is -0.192. The monoisotopic (exact) mass is 554 g/mol. The summed E-state index contributed by atoms with van der Waals surface area (Å²) in [5.41, 5.74) is 4.66. The number of carbonyl (C=O) groups is 4. The number of thiophene rings is 1. The van der Waals surface area contributed by atoms with Crippen LogP contribution in [0.1, 0.15) is 31.8 Å². The fraction of sp³-hybridized carbons (Fsp3) is 0.263. The lowest BCUT2D eigenvalue weighted by atomic mass is 9.97. The van der Waals surface area contributed by atoms with Gasteiger partial charge in [0.1, 0.15) is 5.75 Å². The van der Waals surface area contributed by atoms with Gasteiger partial charge in [0.05, 0.1) is 16.9 Å². The summed E-state index contributed by atoms with van der Waals surface area (Å²) in [7, 11) is 1.14. The molecule has 33 heavy (non-hydrogen) atoms. The standard InChI is InChI=1S/C17H17BrN2O5S.C2HF3O2/c1-17(19,16(24)25-2)14(22)13-11(18)7-12(26-13)15(23)20-8-9-4-3-5-10(21)6-9;3-2(4,5)1(6)7/h3-7,21H,8,19H2,1-2H3,(H,20,23);(H,6,7). The second kappa shape index (κ2) is 11.2. The SMILES string of the molecule is COC(=O)C(C)(N)C(=O)c1sc(C(=O)NCc2cccc(O)c2)cc1Br.O=C(O)C(F)(F)F. The number of methoxy groups -OCH3 is 1. The van der Waals surface area contributed by atoms with Crippen LogP contribution in [0.4, 0.5) is 13.2 Å². The fourth-order valence-electron chi connectivity index (χ4n) is 2.11. The van der Waals surface area contributed by atoms with Gasteiger partial charge in [-0.05, 0) is 46.6 Å². The zero-order valence-corrected chi connectivity index (χ0v) is 19.4. The van der Waals surface area contributed by atoms with Crippen molar-refractivity contribution in [2.24, 2.45) is 5.73 Å². The molecule has 180 valence electrons. The highest BCUT2D eigenvalue weighted by Crippen LogP contribution is 2.30. The number of carbonyl (C=O) groups excluding carboxylic acids is 3. The van der Waals surface area contributed by atoms with E-state index in [0.29, 0.717) is 4.47 Å². The zero-order valence-electron chi connectivity index (χ0n) is 17.0. The molecule has 1 unspecified atom stereocenters. The van der Waals surface area contributed by atoms with E-state index in [4.69, 9.17) is 15.6 Å². The number of halogens is 4. The lowest BCUT2D eigenvalue weighted by Crippen LogP contribution is -2.52. The Morgan fingerprint density at radius 3 is 2.27 bits per heavy atom. The number of aromatic hydroxyl groups is 1. The summed E-state index contributed by atoms with van der Waals surface area (Å²) in [5.74, 6) is -4.55. The maximum absolute atomic E-state index is 12.5. The van der Waals surface area contributed by atoms with E-state index >= 15 is 0 Å². The Hall–Kier alpha value is -2.97. The molecule has 1 heterocycles. The van der Waals surface area contributed by atoms with Crippen molar-refractivity contribution in [1.29, 1.82) is 0 Å². The summed E-state index contributed by atoms with van der Waals surface area (Å²) in [6, 6.07) is 7.99. The molecule has 1 atom stereocenters. The van der Waals surface area contributed by atoms with Crippen molar-refractivity contribution in [2.75, 3.05) is 7.11 Å². The highest BCUT2D eigenvalue weighted by atomic mass is 79.9. The molecular weight excluding hydrogens is 537 g/mol. The number of phenolic OH excluding ortho intramolecular Hbond substituents is 1. The third-order valence-corrected chi connectivity index (χ3v) is 5.82. The molecule has 1 amide bonds. The molecule has 9 nitrogen and oxygen atoms in total. The van der Waals surface area contributed by atoms with E-state index in [0.717, 1.165) is 24.0 Å². The van der Waals surface area contributed by atoms with Crippen molar-refractivity contribution in [1.82, 2.24) is 5.32 Å². The van der Waals surface area contributed by atoms with Gasteiger partial charge < -0.3 is 26.0 Å². The predicted octanol–water partition coefficient (Wildman–Crippen LogP) is 2.85. The molecule has 0 bridgehead atoms. The van der Waals surface area contributed by atoms with Gasteiger partial charge >= 0.3 is 18.1 Å². The van der Waals surface area contributed by atoms with Gasteiger partial charge in [-0.2, -0.15) is 13.2 Å². The van der Waals surface area contributed by atoms with E-state index in [1.807, 2.05) is 0 Å². The number of hydrogen-bond donors (Lipinski definition) is 4. The molecule has 0 radical (unpaired) electrons. The average Bonchev–Trinajstić information content (AvgIpc) is 3.12. The molecule has 1 aromatic heterocycles. The van der Waals surface area contributed by atoms with Gasteiger partial charge in [-0.1, -0.05) is 12.1 Å².